The Bertz CT molecular complexity index is 531. The number of phenolic OH excluding ortho intramolecular Hbond substituents is 1. The number of benzene rings is 2. The Morgan fingerprint density at radius 3 is 2.00 bits per heavy atom. The molecule has 3 heteroatoms. The molecule has 0 aromatic heterocycles. The maximum atomic E-state index is 10.5. The molecule has 0 aliphatic rings. The van der Waals surface area contributed by atoms with Gasteiger partial charge in [0.1, 0.15) is 11.5 Å². The Balaban J connectivity index is 2.23. The highest BCUT2D eigenvalue weighted by Crippen LogP contribution is 2.34. The highest BCUT2D eigenvalue weighted by molar-refractivity contribution is 5.33. The molecule has 0 fully saturated rings. The summed E-state index contributed by atoms with van der Waals surface area (Å²) < 4.78 is 5.15. The quantitative estimate of drug-likeness (QED) is 0.874. The van der Waals surface area contributed by atoms with E-state index in [2.05, 4.69) is 6.92 Å². The molecule has 0 bridgehead atoms. The van der Waals surface area contributed by atoms with E-state index in [-0.39, 0.29) is 11.7 Å². The smallest absolute Gasteiger partial charge is 0.118 e. The van der Waals surface area contributed by atoms with Crippen LogP contribution < -0.4 is 4.74 Å². The van der Waals surface area contributed by atoms with Gasteiger partial charge in [-0.1, -0.05) is 31.2 Å². The van der Waals surface area contributed by atoms with Crippen molar-refractivity contribution in [3.8, 4) is 11.5 Å². The minimum atomic E-state index is -0.589. The summed E-state index contributed by atoms with van der Waals surface area (Å²) in [6.07, 6.45) is 0.239. The zero-order valence-corrected chi connectivity index (χ0v) is 11.8. The molecule has 2 N–H and O–H groups in total. The Morgan fingerprint density at radius 2 is 1.50 bits per heavy atom. The minimum absolute atomic E-state index is 0.0189. The molecule has 2 aromatic rings. The van der Waals surface area contributed by atoms with Gasteiger partial charge < -0.3 is 14.9 Å². The number of ether oxygens (including phenoxy) is 1. The first-order chi connectivity index (χ1) is 9.65. The number of rotatable bonds is 5. The Hall–Kier alpha value is -2.00. The lowest BCUT2D eigenvalue weighted by Gasteiger charge is -2.22. The van der Waals surface area contributed by atoms with Crippen LogP contribution in [0.5, 0.6) is 11.5 Å². The topological polar surface area (TPSA) is 49.7 Å². The van der Waals surface area contributed by atoms with Gasteiger partial charge in [-0.25, -0.2) is 0 Å². The molecule has 106 valence electrons. The van der Waals surface area contributed by atoms with Crippen molar-refractivity contribution in [3.05, 3.63) is 59.7 Å². The molecule has 2 unspecified atom stereocenters. The second kappa shape index (κ2) is 6.44. The van der Waals surface area contributed by atoms with Gasteiger partial charge in [0.15, 0.2) is 0 Å². The maximum absolute atomic E-state index is 10.5. The second-order valence-corrected chi connectivity index (χ2v) is 4.82. The van der Waals surface area contributed by atoms with Crippen LogP contribution in [0.3, 0.4) is 0 Å². The lowest BCUT2D eigenvalue weighted by Crippen LogP contribution is -2.10. The Morgan fingerprint density at radius 1 is 0.950 bits per heavy atom. The second-order valence-electron chi connectivity index (χ2n) is 4.82. The summed E-state index contributed by atoms with van der Waals surface area (Å²) >= 11 is 0. The van der Waals surface area contributed by atoms with Crippen molar-refractivity contribution >= 4 is 0 Å². The summed E-state index contributed by atoms with van der Waals surface area (Å²) in [7, 11) is 1.64. The van der Waals surface area contributed by atoms with Crippen molar-refractivity contribution in [3.63, 3.8) is 0 Å². The average Bonchev–Trinajstić information content (AvgIpc) is 2.49. The number of hydrogen-bond acceptors (Lipinski definition) is 3. The van der Waals surface area contributed by atoms with E-state index in [0.717, 1.165) is 23.3 Å². The lowest BCUT2D eigenvalue weighted by atomic mass is 9.87. The fourth-order valence-corrected chi connectivity index (χ4v) is 2.40. The Labute approximate surface area is 119 Å². The van der Waals surface area contributed by atoms with Gasteiger partial charge in [-0.3, -0.25) is 0 Å². The molecule has 0 amide bonds. The van der Waals surface area contributed by atoms with Gasteiger partial charge in [-0.2, -0.15) is 0 Å². The van der Waals surface area contributed by atoms with Gasteiger partial charge in [0.25, 0.3) is 0 Å². The molecule has 3 nitrogen and oxygen atoms in total. The summed E-state index contributed by atoms with van der Waals surface area (Å²) in [5.74, 6) is 1.03. The predicted molar refractivity (Wildman–Crippen MR) is 79.1 cm³/mol. The summed E-state index contributed by atoms with van der Waals surface area (Å²) in [6, 6.07) is 14.5. The van der Waals surface area contributed by atoms with Crippen molar-refractivity contribution < 1.29 is 14.9 Å². The number of aliphatic hydroxyl groups is 1. The third-order valence-electron chi connectivity index (χ3n) is 3.60. The lowest BCUT2D eigenvalue weighted by molar-refractivity contribution is 0.142. The van der Waals surface area contributed by atoms with E-state index in [1.807, 2.05) is 24.3 Å². The number of aliphatic hydroxyl groups excluding tert-OH is 1. The standard InChI is InChI=1S/C17H20O3/c1-3-16(12-6-10-15(20-2)11-7-12)17(19)13-4-8-14(18)9-5-13/h4-11,16-19H,3H2,1-2H3. The van der Waals surface area contributed by atoms with Crippen molar-refractivity contribution in [2.75, 3.05) is 7.11 Å². The van der Waals surface area contributed by atoms with E-state index >= 15 is 0 Å². The molecule has 2 atom stereocenters. The molecule has 0 saturated carbocycles. The molecule has 0 spiro atoms. The zero-order chi connectivity index (χ0) is 14.5. The predicted octanol–water partition coefficient (Wildman–Crippen LogP) is 3.63. The molecular weight excluding hydrogens is 252 g/mol. The van der Waals surface area contributed by atoms with Crippen LogP contribution in [0.25, 0.3) is 0 Å². The number of phenols is 1. The van der Waals surface area contributed by atoms with Crippen LogP contribution in [-0.4, -0.2) is 17.3 Å². The molecule has 0 saturated heterocycles. The van der Waals surface area contributed by atoms with Gasteiger partial charge in [0.05, 0.1) is 13.2 Å². The summed E-state index contributed by atoms with van der Waals surface area (Å²) in [5.41, 5.74) is 1.89. The molecule has 0 aliphatic carbocycles. The molecule has 20 heavy (non-hydrogen) atoms. The molecular formula is C17H20O3. The molecule has 0 aliphatic heterocycles. The molecule has 0 heterocycles. The van der Waals surface area contributed by atoms with Crippen LogP contribution in [0, 0.1) is 0 Å². The first-order valence-corrected chi connectivity index (χ1v) is 6.76. The maximum Gasteiger partial charge on any atom is 0.118 e. The van der Waals surface area contributed by atoms with Gasteiger partial charge in [0.2, 0.25) is 0 Å². The van der Waals surface area contributed by atoms with Crippen LogP contribution in [-0.2, 0) is 0 Å². The largest absolute Gasteiger partial charge is 0.508 e. The van der Waals surface area contributed by atoms with Crippen molar-refractivity contribution in [2.45, 2.75) is 25.4 Å². The van der Waals surface area contributed by atoms with Crippen molar-refractivity contribution in [2.24, 2.45) is 0 Å². The van der Waals surface area contributed by atoms with Crippen molar-refractivity contribution in [1.29, 1.82) is 0 Å². The average molecular weight is 272 g/mol. The van der Waals surface area contributed by atoms with Gasteiger partial charge in [-0.15, -0.1) is 0 Å². The van der Waals surface area contributed by atoms with Crippen LogP contribution >= 0.6 is 0 Å². The molecule has 2 rings (SSSR count). The first kappa shape index (κ1) is 14.4. The normalized spacial score (nSPS) is 13.8. The highest BCUT2D eigenvalue weighted by atomic mass is 16.5. The van der Waals surface area contributed by atoms with E-state index in [1.165, 1.54) is 0 Å². The number of hydrogen-bond donors (Lipinski definition) is 2. The van der Waals surface area contributed by atoms with Gasteiger partial charge in [0, 0.05) is 5.92 Å². The van der Waals surface area contributed by atoms with Crippen LogP contribution in [0.2, 0.25) is 0 Å². The van der Waals surface area contributed by atoms with Crippen molar-refractivity contribution in [1.82, 2.24) is 0 Å². The Kier molecular flexibility index (Phi) is 4.64. The van der Waals surface area contributed by atoms with Crippen LogP contribution in [0.4, 0.5) is 0 Å². The van der Waals surface area contributed by atoms with E-state index in [9.17, 15) is 10.2 Å². The highest BCUT2D eigenvalue weighted by Gasteiger charge is 2.21. The van der Waals surface area contributed by atoms with Crippen LogP contribution in [0.15, 0.2) is 48.5 Å². The fraction of sp³-hybridized carbons (Fsp3) is 0.294. The summed E-state index contributed by atoms with van der Waals surface area (Å²) in [4.78, 5) is 0. The monoisotopic (exact) mass is 272 g/mol. The number of methoxy groups -OCH3 is 1. The SMILES string of the molecule is CCC(c1ccc(OC)cc1)C(O)c1ccc(O)cc1. The summed E-state index contributed by atoms with van der Waals surface area (Å²) in [5, 5.41) is 19.9. The summed E-state index contributed by atoms with van der Waals surface area (Å²) in [6.45, 7) is 2.05. The minimum Gasteiger partial charge on any atom is -0.508 e. The molecule has 0 radical (unpaired) electrons. The molecule has 2 aromatic carbocycles. The first-order valence-electron chi connectivity index (χ1n) is 6.76. The van der Waals surface area contributed by atoms with E-state index in [4.69, 9.17) is 4.74 Å². The van der Waals surface area contributed by atoms with E-state index in [1.54, 1.807) is 31.4 Å². The van der Waals surface area contributed by atoms with Crippen LogP contribution in [0.1, 0.15) is 36.5 Å². The van der Waals surface area contributed by atoms with Gasteiger partial charge in [-0.05, 0) is 41.8 Å². The van der Waals surface area contributed by atoms with E-state index < -0.39 is 6.10 Å². The van der Waals surface area contributed by atoms with Gasteiger partial charge >= 0.3 is 0 Å². The third kappa shape index (κ3) is 3.11. The third-order valence-corrected chi connectivity index (χ3v) is 3.60. The number of aromatic hydroxyl groups is 1. The fourth-order valence-electron chi connectivity index (χ4n) is 2.40. The zero-order valence-electron chi connectivity index (χ0n) is 11.8. The van der Waals surface area contributed by atoms with E-state index in [0.29, 0.717) is 0 Å².